The number of benzene rings is 1. The van der Waals surface area contributed by atoms with E-state index in [0.717, 1.165) is 85.4 Å². The summed E-state index contributed by atoms with van der Waals surface area (Å²) in [5.74, 6) is 2.05. The lowest BCUT2D eigenvalue weighted by Crippen LogP contribution is -2.55. The summed E-state index contributed by atoms with van der Waals surface area (Å²) in [6.45, 7) is 6.77. The Hall–Kier alpha value is -3.93. The Labute approximate surface area is 232 Å². The molecule has 2 aliphatic rings. The van der Waals surface area contributed by atoms with E-state index in [1.807, 2.05) is 42.5 Å². The Balaban J connectivity index is 1.12. The summed E-state index contributed by atoms with van der Waals surface area (Å²) in [6, 6.07) is 14.0. The number of likely N-dealkylation sites (tertiary alicyclic amines) is 1. The van der Waals surface area contributed by atoms with Gasteiger partial charge in [0, 0.05) is 62.6 Å². The molecule has 0 saturated carbocycles. The summed E-state index contributed by atoms with van der Waals surface area (Å²) in [5, 5.41) is 7.53. The molecule has 2 aliphatic heterocycles. The quantitative estimate of drug-likeness (QED) is 0.291. The number of fused-ring (bicyclic) bond motifs is 1. The first-order valence-corrected chi connectivity index (χ1v) is 13.7. The van der Waals surface area contributed by atoms with Gasteiger partial charge < -0.3 is 20.1 Å². The maximum atomic E-state index is 12.4. The van der Waals surface area contributed by atoms with Crippen molar-refractivity contribution >= 4 is 28.4 Å². The molecule has 40 heavy (non-hydrogen) atoms. The van der Waals surface area contributed by atoms with Crippen LogP contribution in [0.4, 0.5) is 21.8 Å². The highest BCUT2D eigenvalue weighted by molar-refractivity contribution is 5.91. The molecule has 0 radical (unpaired) electrons. The van der Waals surface area contributed by atoms with Gasteiger partial charge in [-0.15, -0.1) is 0 Å². The van der Waals surface area contributed by atoms with Crippen LogP contribution in [-0.4, -0.2) is 102 Å². The van der Waals surface area contributed by atoms with Crippen LogP contribution in [0.5, 0.6) is 5.75 Å². The van der Waals surface area contributed by atoms with Crippen molar-refractivity contribution in [1.82, 2.24) is 29.7 Å². The Morgan fingerprint density at radius 1 is 0.975 bits per heavy atom. The number of rotatable bonds is 11. The Morgan fingerprint density at radius 2 is 1.88 bits per heavy atom. The first-order chi connectivity index (χ1) is 19.7. The van der Waals surface area contributed by atoms with Crippen molar-refractivity contribution in [3.8, 4) is 17.0 Å². The molecule has 2 N–H and O–H groups in total. The maximum Gasteiger partial charge on any atom is 0.227 e. The maximum absolute atomic E-state index is 12.4. The second-order valence-corrected chi connectivity index (χ2v) is 9.97. The number of pyridine rings is 2. The van der Waals surface area contributed by atoms with Crippen LogP contribution in [0.2, 0.25) is 0 Å². The Morgan fingerprint density at radius 3 is 2.70 bits per heavy atom. The van der Waals surface area contributed by atoms with Crippen LogP contribution >= 0.6 is 0 Å². The molecule has 2 saturated heterocycles. The monoisotopic (exact) mass is 544 g/mol. The fourth-order valence-corrected chi connectivity index (χ4v) is 4.93. The van der Waals surface area contributed by atoms with Gasteiger partial charge in [-0.1, -0.05) is 12.1 Å². The van der Waals surface area contributed by atoms with Crippen LogP contribution in [0.25, 0.3) is 22.2 Å². The van der Waals surface area contributed by atoms with Crippen molar-refractivity contribution < 1.29 is 13.9 Å². The lowest BCUT2D eigenvalue weighted by atomic mass is 10.1. The second-order valence-electron chi connectivity index (χ2n) is 9.97. The number of aromatic nitrogens is 4. The van der Waals surface area contributed by atoms with Gasteiger partial charge in [0.1, 0.15) is 30.4 Å². The number of halogens is 1. The van der Waals surface area contributed by atoms with E-state index in [0.29, 0.717) is 25.1 Å². The van der Waals surface area contributed by atoms with Crippen molar-refractivity contribution in [2.75, 3.05) is 76.4 Å². The molecule has 0 bridgehead atoms. The number of ether oxygens (including phenoxy) is 2. The van der Waals surface area contributed by atoms with Crippen LogP contribution in [0.1, 0.15) is 0 Å². The van der Waals surface area contributed by atoms with Gasteiger partial charge in [-0.2, -0.15) is 0 Å². The summed E-state index contributed by atoms with van der Waals surface area (Å²) in [6.07, 6.45) is 5.31. The number of anilines is 3. The number of hydrogen-bond acceptors (Lipinski definition) is 10. The molecule has 0 atom stereocenters. The van der Waals surface area contributed by atoms with Crippen LogP contribution in [0.3, 0.4) is 0 Å². The number of nitrogens with zero attached hydrogens (tertiary/aromatic N) is 6. The largest absolute Gasteiger partial charge is 0.492 e. The zero-order valence-corrected chi connectivity index (χ0v) is 22.3. The second kappa shape index (κ2) is 12.5. The molecule has 0 amide bonds. The van der Waals surface area contributed by atoms with Gasteiger partial charge >= 0.3 is 0 Å². The van der Waals surface area contributed by atoms with Gasteiger partial charge in [0.15, 0.2) is 0 Å². The van der Waals surface area contributed by atoms with Crippen LogP contribution in [0, 0.1) is 0 Å². The fourth-order valence-electron chi connectivity index (χ4n) is 4.93. The van der Waals surface area contributed by atoms with E-state index < -0.39 is 0 Å². The minimum atomic E-state index is -0.309. The Kier molecular flexibility index (Phi) is 8.22. The predicted molar refractivity (Wildman–Crippen MR) is 153 cm³/mol. The number of morpholine rings is 1. The summed E-state index contributed by atoms with van der Waals surface area (Å²) < 4.78 is 23.9. The van der Waals surface area contributed by atoms with E-state index in [2.05, 4.69) is 35.4 Å². The van der Waals surface area contributed by atoms with E-state index in [1.54, 1.807) is 18.6 Å². The summed E-state index contributed by atoms with van der Waals surface area (Å²) in [4.78, 5) is 22.9. The molecular weight excluding hydrogens is 511 g/mol. The lowest BCUT2D eigenvalue weighted by Gasteiger charge is -2.39. The average molecular weight is 545 g/mol. The fraction of sp³-hybridized carbons (Fsp3) is 0.379. The van der Waals surface area contributed by atoms with Gasteiger partial charge in [-0.05, 0) is 30.3 Å². The molecule has 2 fully saturated rings. The van der Waals surface area contributed by atoms with Gasteiger partial charge in [-0.3, -0.25) is 14.8 Å². The molecule has 11 heteroatoms. The molecule has 0 spiro atoms. The van der Waals surface area contributed by atoms with Gasteiger partial charge in [0.25, 0.3) is 0 Å². The van der Waals surface area contributed by atoms with E-state index >= 15 is 0 Å². The summed E-state index contributed by atoms with van der Waals surface area (Å²) in [7, 11) is 0. The van der Waals surface area contributed by atoms with Crippen molar-refractivity contribution in [3.63, 3.8) is 0 Å². The highest BCUT2D eigenvalue weighted by Gasteiger charge is 2.26. The summed E-state index contributed by atoms with van der Waals surface area (Å²) in [5.41, 5.74) is 3.22. The SMILES string of the molecule is FCCN1CC(Nc2ccc(Nc3ncc4ccnc(-c5cccc(OCCN6CCOCC6)c5)c4n3)cn2)C1. The van der Waals surface area contributed by atoms with E-state index in [1.165, 1.54) is 0 Å². The Bertz CT molecular complexity index is 1410. The molecular formula is C29H33FN8O2. The molecule has 0 unspecified atom stereocenters. The molecule has 3 aromatic heterocycles. The molecule has 10 nitrogen and oxygen atoms in total. The van der Waals surface area contributed by atoms with E-state index in [9.17, 15) is 4.39 Å². The topological polar surface area (TPSA) is 101 Å². The highest BCUT2D eigenvalue weighted by Crippen LogP contribution is 2.28. The van der Waals surface area contributed by atoms with Gasteiger partial charge in [0.05, 0.1) is 36.8 Å². The zero-order chi connectivity index (χ0) is 27.1. The van der Waals surface area contributed by atoms with Crippen molar-refractivity contribution in [2.24, 2.45) is 0 Å². The lowest BCUT2D eigenvalue weighted by molar-refractivity contribution is 0.0322. The third kappa shape index (κ3) is 6.44. The predicted octanol–water partition coefficient (Wildman–Crippen LogP) is 3.61. The van der Waals surface area contributed by atoms with E-state index in [-0.39, 0.29) is 6.67 Å². The molecule has 6 rings (SSSR count). The minimum Gasteiger partial charge on any atom is -0.492 e. The smallest absolute Gasteiger partial charge is 0.227 e. The molecule has 208 valence electrons. The van der Waals surface area contributed by atoms with Crippen LogP contribution < -0.4 is 15.4 Å². The highest BCUT2D eigenvalue weighted by atomic mass is 19.1. The van der Waals surface area contributed by atoms with Gasteiger partial charge in [-0.25, -0.2) is 19.3 Å². The standard InChI is InChI=1S/C29H33FN8O2/c30-7-9-38-19-24(20-38)34-26-5-4-23(18-32-26)35-29-33-17-22-6-8-31-27(28(22)36-29)21-2-1-3-25(16-21)40-15-12-37-10-13-39-14-11-37/h1-6,8,16-18,24H,7,9-15,19-20H2,(H,32,34)(H,33,35,36). The zero-order valence-electron chi connectivity index (χ0n) is 22.3. The van der Waals surface area contributed by atoms with E-state index in [4.69, 9.17) is 14.5 Å². The number of hydrogen-bond donors (Lipinski definition) is 2. The van der Waals surface area contributed by atoms with Crippen molar-refractivity contribution in [1.29, 1.82) is 0 Å². The first kappa shape index (κ1) is 26.3. The van der Waals surface area contributed by atoms with Crippen molar-refractivity contribution in [2.45, 2.75) is 6.04 Å². The molecule has 5 heterocycles. The third-order valence-electron chi connectivity index (χ3n) is 7.12. The molecule has 4 aromatic rings. The minimum absolute atomic E-state index is 0.293. The van der Waals surface area contributed by atoms with Crippen LogP contribution in [-0.2, 0) is 4.74 Å². The molecule has 1 aromatic carbocycles. The first-order valence-electron chi connectivity index (χ1n) is 13.7. The summed E-state index contributed by atoms with van der Waals surface area (Å²) >= 11 is 0. The number of nitrogens with one attached hydrogen (secondary N) is 2. The third-order valence-corrected chi connectivity index (χ3v) is 7.12. The average Bonchev–Trinajstić information content (AvgIpc) is 2.97. The van der Waals surface area contributed by atoms with Crippen LogP contribution in [0.15, 0.2) is 61.1 Å². The molecule has 0 aliphatic carbocycles. The number of alkyl halides is 1. The normalized spacial score (nSPS) is 16.5. The van der Waals surface area contributed by atoms with Gasteiger partial charge in [0.2, 0.25) is 5.95 Å². The van der Waals surface area contributed by atoms with Crippen molar-refractivity contribution in [3.05, 3.63) is 61.1 Å².